The molecule has 11 nitrogen and oxygen atoms in total. The monoisotopic (exact) mass is 721 g/mol. The molecule has 2 aromatic carbocycles. The number of fused-ring (bicyclic) bond motifs is 2. The minimum absolute atomic E-state index is 0. The molecule has 260 valence electrons. The van der Waals surface area contributed by atoms with Crippen LogP contribution in [-0.2, 0) is 35.9 Å². The van der Waals surface area contributed by atoms with Gasteiger partial charge in [0.05, 0.1) is 32.2 Å². The van der Waals surface area contributed by atoms with Gasteiger partial charge in [0.25, 0.3) is 5.91 Å². The summed E-state index contributed by atoms with van der Waals surface area (Å²) in [7, 11) is -8.63. The van der Waals surface area contributed by atoms with Crippen LogP contribution in [0.3, 0.4) is 0 Å². The van der Waals surface area contributed by atoms with Gasteiger partial charge in [-0.2, -0.15) is 4.58 Å². The zero-order chi connectivity index (χ0) is 35.5. The molecule has 0 atom stereocenters. The maximum atomic E-state index is 12.8. The van der Waals surface area contributed by atoms with Gasteiger partial charge >= 0.3 is 29.6 Å². The van der Waals surface area contributed by atoms with E-state index in [1.165, 1.54) is 6.92 Å². The van der Waals surface area contributed by atoms with Crippen molar-refractivity contribution in [3.05, 3.63) is 83.1 Å². The van der Waals surface area contributed by atoms with Crippen molar-refractivity contribution in [3.63, 3.8) is 0 Å². The Labute approximate surface area is 312 Å². The number of carbonyl (C=O) groups excluding carboxylic acids is 2. The summed E-state index contributed by atoms with van der Waals surface area (Å²) in [5, 5.41) is 2.64. The molecule has 1 N–H and O–H groups in total. The van der Waals surface area contributed by atoms with Crippen LogP contribution in [0.25, 0.3) is 0 Å². The van der Waals surface area contributed by atoms with E-state index in [1.54, 1.807) is 6.07 Å². The summed E-state index contributed by atoms with van der Waals surface area (Å²) in [6.45, 7) is 10.7. The summed E-state index contributed by atoms with van der Waals surface area (Å²) in [5.74, 6) is -1.38. The number of hydrogen-bond donors (Lipinski definition) is 1. The van der Waals surface area contributed by atoms with Crippen LogP contribution in [0.5, 0.6) is 0 Å². The molecule has 2 aliphatic heterocycles. The first kappa shape index (κ1) is 40.8. The first-order valence-electron chi connectivity index (χ1n) is 16.0. The summed E-state index contributed by atoms with van der Waals surface area (Å²) in [5.41, 5.74) is 5.33. The van der Waals surface area contributed by atoms with Crippen molar-refractivity contribution in [3.8, 4) is 0 Å². The van der Waals surface area contributed by atoms with Crippen LogP contribution in [0, 0.1) is 0 Å². The number of carbonyl (C=O) groups is 2. The van der Waals surface area contributed by atoms with Gasteiger partial charge in [-0.25, -0.2) is 16.8 Å². The smallest absolute Gasteiger partial charge is 0.748 e. The Balaban J connectivity index is 0.00000650. The molecule has 2 aromatic rings. The van der Waals surface area contributed by atoms with Gasteiger partial charge in [-0.1, -0.05) is 38.1 Å². The Bertz CT molecular complexity index is 1900. The molecule has 0 fully saturated rings. The first-order valence-corrected chi connectivity index (χ1v) is 19.2. The molecule has 0 unspecified atom stereocenters. The van der Waals surface area contributed by atoms with E-state index in [0.29, 0.717) is 31.5 Å². The maximum Gasteiger partial charge on any atom is 1.00 e. The fourth-order valence-corrected chi connectivity index (χ4v) is 7.69. The molecule has 0 aromatic heterocycles. The molecule has 14 heteroatoms. The van der Waals surface area contributed by atoms with Gasteiger partial charge in [0, 0.05) is 64.5 Å². The normalized spacial score (nSPS) is 17.3. The summed E-state index contributed by atoms with van der Waals surface area (Å²) >= 11 is 0. The average molecular weight is 722 g/mol. The number of ketones is 1. The van der Waals surface area contributed by atoms with Crippen LogP contribution < -0.4 is 39.8 Å². The van der Waals surface area contributed by atoms with Crippen LogP contribution in [0.2, 0.25) is 0 Å². The van der Waals surface area contributed by atoms with Crippen LogP contribution in [0.1, 0.15) is 81.8 Å². The largest absolute Gasteiger partial charge is 1.00 e. The van der Waals surface area contributed by atoms with Crippen LogP contribution in [-0.4, -0.2) is 79.1 Å². The van der Waals surface area contributed by atoms with E-state index in [-0.39, 0.29) is 66.0 Å². The van der Waals surface area contributed by atoms with Crippen molar-refractivity contribution in [2.45, 2.75) is 71.1 Å². The number of Topliss-reactive ketones (excluding diaryl/α,β-unsaturated/α-hetero) is 1. The molecule has 2 heterocycles. The van der Waals surface area contributed by atoms with Gasteiger partial charge < -0.3 is 19.3 Å². The minimum atomic E-state index is -4.34. The Morgan fingerprint density at radius 1 is 0.878 bits per heavy atom. The SMILES string of the molecule is CC(=O)CNC(=O)c1ccc2c(c1)C(C)(C)/C(=C\C=C\C1=[N+](CCCCS(=O)(=O)[O-])c3ccccc3C1(C)C)N2CCCCS(=O)(=O)[O-].[Na+]. The topological polar surface area (TPSA) is 167 Å². The molecule has 0 aliphatic carbocycles. The molecule has 0 spiro atoms. The number of amides is 1. The van der Waals surface area contributed by atoms with E-state index in [4.69, 9.17) is 0 Å². The predicted octanol–water partition coefficient (Wildman–Crippen LogP) is 1.27. The zero-order valence-corrected chi connectivity index (χ0v) is 32.7. The van der Waals surface area contributed by atoms with Gasteiger partial charge in [-0.05, 0) is 69.9 Å². The molecule has 4 rings (SSSR count). The van der Waals surface area contributed by atoms with Crippen molar-refractivity contribution in [2.75, 3.05) is 36.0 Å². The molecule has 0 bridgehead atoms. The Morgan fingerprint density at radius 3 is 2.14 bits per heavy atom. The van der Waals surface area contributed by atoms with E-state index in [0.717, 1.165) is 33.9 Å². The number of para-hydroxylation sites is 1. The van der Waals surface area contributed by atoms with E-state index in [9.17, 15) is 35.5 Å². The summed E-state index contributed by atoms with van der Waals surface area (Å²) in [4.78, 5) is 26.4. The average Bonchev–Trinajstić information content (AvgIpc) is 3.33. The van der Waals surface area contributed by atoms with E-state index >= 15 is 0 Å². The van der Waals surface area contributed by atoms with Gasteiger partial charge in [0.15, 0.2) is 5.71 Å². The van der Waals surface area contributed by atoms with Crippen molar-refractivity contribution in [2.24, 2.45) is 0 Å². The summed E-state index contributed by atoms with van der Waals surface area (Å²) in [6.07, 6.45) is 7.45. The quantitative estimate of drug-likeness (QED) is 0.123. The molecule has 0 saturated heterocycles. The van der Waals surface area contributed by atoms with E-state index < -0.39 is 37.2 Å². The van der Waals surface area contributed by atoms with Gasteiger partial charge in [-0.3, -0.25) is 9.59 Å². The van der Waals surface area contributed by atoms with Crippen LogP contribution >= 0.6 is 0 Å². The predicted molar refractivity (Wildman–Crippen MR) is 184 cm³/mol. The second-order valence-electron chi connectivity index (χ2n) is 13.4. The number of hydrogen-bond acceptors (Lipinski definition) is 9. The van der Waals surface area contributed by atoms with Crippen LogP contribution in [0.4, 0.5) is 11.4 Å². The van der Waals surface area contributed by atoms with E-state index in [2.05, 4.69) is 34.7 Å². The summed E-state index contributed by atoms with van der Waals surface area (Å²) < 4.78 is 69.5. The third kappa shape index (κ3) is 9.99. The Kier molecular flexibility index (Phi) is 13.4. The molecule has 1 amide bonds. The minimum Gasteiger partial charge on any atom is -0.748 e. The Morgan fingerprint density at radius 2 is 1.51 bits per heavy atom. The van der Waals surface area contributed by atoms with Crippen molar-refractivity contribution in [1.29, 1.82) is 0 Å². The second-order valence-corrected chi connectivity index (χ2v) is 16.5. The van der Waals surface area contributed by atoms with Gasteiger partial charge in [0.2, 0.25) is 5.69 Å². The molecule has 0 saturated carbocycles. The fourth-order valence-electron chi connectivity index (χ4n) is 6.57. The first-order chi connectivity index (χ1) is 22.3. The van der Waals surface area contributed by atoms with Crippen molar-refractivity contribution in [1.82, 2.24) is 5.32 Å². The number of anilines is 1. The third-order valence-corrected chi connectivity index (χ3v) is 10.6. The number of benzene rings is 2. The maximum absolute atomic E-state index is 12.8. The number of allylic oxidation sites excluding steroid dienone is 4. The standard InChI is InChI=1S/C35H45N3O8S2.Na/c1-25(39)24-36-33(40)26-17-18-30-28(23-26)35(4,5)32(38(30)20-9-11-22-48(44,45)46)16-12-15-31-34(2,3)27-13-6-7-14-29(27)37(31)19-8-10-21-47(41,42)43;/h6-7,12-18,23H,8-11,19-22,24H2,1-5H3,(H2-,36,40,41,42,43,44,45,46);/q;+1/p-1. The van der Waals surface area contributed by atoms with Gasteiger partial charge in [-0.15, -0.1) is 0 Å². The van der Waals surface area contributed by atoms with Gasteiger partial charge in [0.1, 0.15) is 12.3 Å². The van der Waals surface area contributed by atoms with Crippen LogP contribution in [0.15, 0.2) is 66.4 Å². The Hall–Kier alpha value is -2.65. The molecule has 49 heavy (non-hydrogen) atoms. The number of nitrogens with one attached hydrogen (secondary N) is 1. The fraction of sp³-hybridized carbons (Fsp3) is 0.457. The number of unbranched alkanes of at least 4 members (excludes halogenated alkanes) is 2. The second kappa shape index (κ2) is 16.1. The van der Waals surface area contributed by atoms with Crippen molar-refractivity contribution < 1.29 is 69.7 Å². The zero-order valence-electron chi connectivity index (χ0n) is 29.1. The summed E-state index contributed by atoms with van der Waals surface area (Å²) in [6, 6.07) is 13.4. The van der Waals surface area contributed by atoms with E-state index in [1.807, 2.05) is 62.4 Å². The molecule has 0 radical (unpaired) electrons. The molecule has 2 aliphatic rings. The molecular weight excluding hydrogens is 678 g/mol. The molecular formula is C35H44N3NaO8S2. The number of nitrogens with zero attached hydrogens (tertiary/aromatic N) is 2. The third-order valence-electron chi connectivity index (χ3n) is 9.01. The van der Waals surface area contributed by atoms with Crippen molar-refractivity contribution >= 4 is 49.0 Å². The number of rotatable bonds is 15.